The molecule has 1 aliphatic rings. The smallest absolute Gasteiger partial charge is 0.265 e. The fourth-order valence-electron chi connectivity index (χ4n) is 2.20. The van der Waals surface area contributed by atoms with E-state index < -0.39 is 25.0 Å². The molecule has 0 aromatic carbocycles. The summed E-state index contributed by atoms with van der Waals surface area (Å²) in [5, 5.41) is 11.3. The maximum Gasteiger partial charge on any atom is 0.265 e. The number of hydrogen-bond donors (Lipinski definition) is 2. The number of aliphatic hydroxyl groups is 1. The zero-order chi connectivity index (χ0) is 15.3. The van der Waals surface area contributed by atoms with Crippen molar-refractivity contribution in [3.63, 3.8) is 0 Å². The average Bonchev–Trinajstić information content (AvgIpc) is 2.43. The van der Waals surface area contributed by atoms with Crippen LogP contribution in [0.3, 0.4) is 0 Å². The minimum Gasteiger partial charge on any atom is -0.385 e. The number of amides is 2. The molecule has 1 fully saturated rings. The molecule has 116 valence electrons. The minimum atomic E-state index is -2.87. The number of alkyl halides is 2. The van der Waals surface area contributed by atoms with Gasteiger partial charge in [0.1, 0.15) is 6.10 Å². The van der Waals surface area contributed by atoms with Crippen LogP contribution in [0.25, 0.3) is 0 Å². The van der Waals surface area contributed by atoms with Gasteiger partial charge in [-0.1, -0.05) is 13.8 Å². The highest BCUT2D eigenvalue weighted by Crippen LogP contribution is 2.18. The summed E-state index contributed by atoms with van der Waals surface area (Å²) in [6, 6.07) is 0. The Bertz CT molecular complexity index is 351. The van der Waals surface area contributed by atoms with Crippen molar-refractivity contribution in [3.05, 3.63) is 0 Å². The number of nitrogens with zero attached hydrogens (tertiary/aromatic N) is 1. The zero-order valence-corrected chi connectivity index (χ0v) is 11.8. The van der Waals surface area contributed by atoms with E-state index in [1.807, 2.05) is 0 Å². The van der Waals surface area contributed by atoms with E-state index in [2.05, 4.69) is 5.32 Å². The standard InChI is InChI=1S/C13H22F2N2O3/c1-8(2)13(20)17-5-3-4-9(7-17)12(19)16-6-10(18)11(14)15/h8-11,18H,3-7H2,1-2H3,(H,16,19). The Morgan fingerprint density at radius 1 is 1.40 bits per heavy atom. The first-order valence-corrected chi connectivity index (χ1v) is 6.85. The molecule has 0 aromatic rings. The Labute approximate surface area is 117 Å². The minimum absolute atomic E-state index is 0.00452. The summed E-state index contributed by atoms with van der Waals surface area (Å²) in [6.45, 7) is 4.06. The molecule has 2 amide bonds. The molecule has 5 nitrogen and oxygen atoms in total. The molecular formula is C13H22F2N2O3. The lowest BCUT2D eigenvalue weighted by atomic mass is 9.96. The molecule has 0 spiro atoms. The second-order valence-corrected chi connectivity index (χ2v) is 5.43. The lowest BCUT2D eigenvalue weighted by Gasteiger charge is -2.33. The van der Waals surface area contributed by atoms with Crippen molar-refractivity contribution < 1.29 is 23.5 Å². The summed E-state index contributed by atoms with van der Waals surface area (Å²) in [5.41, 5.74) is 0. The average molecular weight is 292 g/mol. The van der Waals surface area contributed by atoms with Crippen molar-refractivity contribution in [3.8, 4) is 0 Å². The zero-order valence-electron chi connectivity index (χ0n) is 11.8. The van der Waals surface area contributed by atoms with Crippen LogP contribution < -0.4 is 5.32 Å². The van der Waals surface area contributed by atoms with E-state index in [1.165, 1.54) is 0 Å². The van der Waals surface area contributed by atoms with E-state index in [9.17, 15) is 18.4 Å². The van der Waals surface area contributed by atoms with Crippen LogP contribution >= 0.6 is 0 Å². The Hall–Kier alpha value is -1.24. The van der Waals surface area contributed by atoms with Crippen molar-refractivity contribution in [2.75, 3.05) is 19.6 Å². The molecule has 2 N–H and O–H groups in total. The number of halogens is 2. The first-order valence-electron chi connectivity index (χ1n) is 6.85. The second-order valence-electron chi connectivity index (χ2n) is 5.43. The molecular weight excluding hydrogens is 270 g/mol. The third-order valence-electron chi connectivity index (χ3n) is 3.37. The third kappa shape index (κ3) is 4.70. The Kier molecular flexibility index (Phi) is 6.32. The third-order valence-corrected chi connectivity index (χ3v) is 3.37. The van der Waals surface area contributed by atoms with Crippen LogP contribution in [0.1, 0.15) is 26.7 Å². The fraction of sp³-hybridized carbons (Fsp3) is 0.846. The molecule has 2 atom stereocenters. The summed E-state index contributed by atoms with van der Waals surface area (Å²) < 4.78 is 24.2. The summed E-state index contributed by atoms with van der Waals surface area (Å²) in [6.07, 6.45) is -3.39. The van der Waals surface area contributed by atoms with Gasteiger partial charge in [-0.3, -0.25) is 9.59 Å². The van der Waals surface area contributed by atoms with Gasteiger partial charge in [-0.05, 0) is 12.8 Å². The van der Waals surface area contributed by atoms with Crippen molar-refractivity contribution >= 4 is 11.8 Å². The maximum atomic E-state index is 12.1. The van der Waals surface area contributed by atoms with Gasteiger partial charge < -0.3 is 15.3 Å². The number of nitrogens with one attached hydrogen (secondary N) is 1. The van der Waals surface area contributed by atoms with E-state index in [0.29, 0.717) is 25.9 Å². The van der Waals surface area contributed by atoms with Gasteiger partial charge in [0.25, 0.3) is 6.43 Å². The molecule has 0 aromatic heterocycles. The van der Waals surface area contributed by atoms with Gasteiger partial charge in [0.05, 0.1) is 5.92 Å². The lowest BCUT2D eigenvalue weighted by Crippen LogP contribution is -2.48. The molecule has 0 aliphatic carbocycles. The normalized spacial score (nSPS) is 21.1. The van der Waals surface area contributed by atoms with Crippen molar-refractivity contribution in [2.24, 2.45) is 11.8 Å². The topological polar surface area (TPSA) is 69.6 Å². The van der Waals surface area contributed by atoms with Crippen molar-refractivity contribution in [2.45, 2.75) is 39.2 Å². The van der Waals surface area contributed by atoms with E-state index in [4.69, 9.17) is 5.11 Å². The summed E-state index contributed by atoms with van der Waals surface area (Å²) in [7, 11) is 0. The van der Waals surface area contributed by atoms with E-state index in [-0.39, 0.29) is 17.7 Å². The van der Waals surface area contributed by atoms with Crippen LogP contribution in [0, 0.1) is 11.8 Å². The number of carbonyl (C=O) groups excluding carboxylic acids is 2. The first-order chi connectivity index (χ1) is 9.32. The molecule has 0 saturated carbocycles. The quantitative estimate of drug-likeness (QED) is 0.780. The van der Waals surface area contributed by atoms with Gasteiger partial charge in [0, 0.05) is 25.6 Å². The highest BCUT2D eigenvalue weighted by Gasteiger charge is 2.29. The Morgan fingerprint density at radius 2 is 2.05 bits per heavy atom. The fourth-order valence-corrected chi connectivity index (χ4v) is 2.20. The number of likely N-dealkylation sites (tertiary alicyclic amines) is 1. The highest BCUT2D eigenvalue weighted by molar-refractivity contribution is 5.82. The number of rotatable bonds is 5. The summed E-state index contributed by atoms with van der Waals surface area (Å²) in [4.78, 5) is 25.4. The molecule has 1 heterocycles. The van der Waals surface area contributed by atoms with Crippen LogP contribution in [0.4, 0.5) is 8.78 Å². The summed E-state index contributed by atoms with van der Waals surface area (Å²) >= 11 is 0. The van der Waals surface area contributed by atoms with Crippen molar-refractivity contribution in [1.29, 1.82) is 0 Å². The monoisotopic (exact) mass is 292 g/mol. The van der Waals surface area contributed by atoms with Crippen LogP contribution in [0.15, 0.2) is 0 Å². The number of piperidine rings is 1. The number of hydrogen-bond acceptors (Lipinski definition) is 3. The van der Waals surface area contributed by atoms with Gasteiger partial charge >= 0.3 is 0 Å². The highest BCUT2D eigenvalue weighted by atomic mass is 19.3. The van der Waals surface area contributed by atoms with Gasteiger partial charge in [-0.15, -0.1) is 0 Å². The molecule has 7 heteroatoms. The molecule has 1 saturated heterocycles. The van der Waals surface area contributed by atoms with Gasteiger partial charge in [0.2, 0.25) is 11.8 Å². The first kappa shape index (κ1) is 16.8. The van der Waals surface area contributed by atoms with Gasteiger partial charge in [0.15, 0.2) is 0 Å². The van der Waals surface area contributed by atoms with Crippen LogP contribution in [-0.4, -0.2) is 54.0 Å². The van der Waals surface area contributed by atoms with Crippen LogP contribution in [0.5, 0.6) is 0 Å². The molecule has 0 bridgehead atoms. The number of carbonyl (C=O) groups is 2. The predicted molar refractivity (Wildman–Crippen MR) is 69.2 cm³/mol. The Balaban J connectivity index is 2.46. The molecule has 2 unspecified atom stereocenters. The van der Waals surface area contributed by atoms with Crippen LogP contribution in [-0.2, 0) is 9.59 Å². The van der Waals surface area contributed by atoms with E-state index >= 15 is 0 Å². The molecule has 0 radical (unpaired) electrons. The predicted octanol–water partition coefficient (Wildman–Crippen LogP) is 0.623. The van der Waals surface area contributed by atoms with E-state index in [1.54, 1.807) is 18.7 Å². The van der Waals surface area contributed by atoms with Gasteiger partial charge in [-0.25, -0.2) is 8.78 Å². The molecule has 1 rings (SSSR count). The summed E-state index contributed by atoms with van der Waals surface area (Å²) in [5.74, 6) is -0.908. The van der Waals surface area contributed by atoms with Gasteiger partial charge in [-0.2, -0.15) is 0 Å². The maximum absolute atomic E-state index is 12.1. The lowest BCUT2D eigenvalue weighted by molar-refractivity contribution is -0.138. The molecule has 20 heavy (non-hydrogen) atoms. The largest absolute Gasteiger partial charge is 0.385 e. The van der Waals surface area contributed by atoms with Crippen LogP contribution in [0.2, 0.25) is 0 Å². The molecule has 1 aliphatic heterocycles. The SMILES string of the molecule is CC(C)C(=O)N1CCCC(C(=O)NCC(O)C(F)F)C1. The second kappa shape index (κ2) is 7.52. The Morgan fingerprint density at radius 3 is 2.60 bits per heavy atom. The van der Waals surface area contributed by atoms with Crippen molar-refractivity contribution in [1.82, 2.24) is 10.2 Å². The van der Waals surface area contributed by atoms with E-state index in [0.717, 1.165) is 0 Å². The number of aliphatic hydroxyl groups excluding tert-OH is 1.